The van der Waals surface area contributed by atoms with E-state index in [0.717, 1.165) is 19.3 Å². The molecule has 0 aliphatic heterocycles. The van der Waals surface area contributed by atoms with Gasteiger partial charge in [0.15, 0.2) is 0 Å². The van der Waals surface area contributed by atoms with Gasteiger partial charge in [-0.3, -0.25) is 10.1 Å². The zero-order valence-corrected chi connectivity index (χ0v) is 10.7. The molecule has 1 fully saturated rings. The van der Waals surface area contributed by atoms with Crippen LogP contribution in [0.5, 0.6) is 0 Å². The second kappa shape index (κ2) is 5.91. The molecule has 1 aromatic carbocycles. The van der Waals surface area contributed by atoms with Crippen LogP contribution in [0.15, 0.2) is 30.3 Å². The van der Waals surface area contributed by atoms with Crippen LogP contribution in [0.25, 0.3) is 0 Å². The predicted molar refractivity (Wildman–Crippen MR) is 70.8 cm³/mol. The van der Waals surface area contributed by atoms with E-state index in [1.165, 1.54) is 0 Å². The summed E-state index contributed by atoms with van der Waals surface area (Å²) in [6, 6.07) is 8.56. The fourth-order valence-corrected chi connectivity index (χ4v) is 2.36. The number of amides is 2. The largest absolute Gasteiger partial charge is 0.445 e. The van der Waals surface area contributed by atoms with Gasteiger partial charge in [-0.15, -0.1) is 0 Å². The van der Waals surface area contributed by atoms with Crippen LogP contribution in [-0.2, 0) is 4.74 Å². The van der Waals surface area contributed by atoms with Crippen molar-refractivity contribution in [3.63, 3.8) is 0 Å². The van der Waals surface area contributed by atoms with Crippen LogP contribution in [0.1, 0.15) is 29.6 Å². The topological polar surface area (TPSA) is 55.4 Å². The predicted octanol–water partition coefficient (Wildman–Crippen LogP) is 2.40. The first-order valence-corrected chi connectivity index (χ1v) is 6.43. The molecular formula is C13H15NO3S. The van der Waals surface area contributed by atoms with E-state index in [4.69, 9.17) is 4.74 Å². The van der Waals surface area contributed by atoms with Gasteiger partial charge in [-0.25, -0.2) is 4.79 Å². The summed E-state index contributed by atoms with van der Waals surface area (Å²) in [5.74, 6) is -0.450. The van der Waals surface area contributed by atoms with E-state index in [1.807, 2.05) is 0 Å². The molecule has 2 amide bonds. The number of hydrogen-bond acceptors (Lipinski definition) is 4. The Hall–Kier alpha value is -1.49. The van der Waals surface area contributed by atoms with E-state index in [2.05, 4.69) is 17.9 Å². The molecule has 1 aliphatic carbocycles. The average molecular weight is 265 g/mol. The number of hydrogen-bond donors (Lipinski definition) is 2. The van der Waals surface area contributed by atoms with Crippen LogP contribution >= 0.6 is 12.6 Å². The zero-order valence-electron chi connectivity index (χ0n) is 9.83. The first-order valence-electron chi connectivity index (χ1n) is 5.92. The molecule has 0 bridgehead atoms. The Morgan fingerprint density at radius 3 is 2.56 bits per heavy atom. The third-order valence-corrected chi connectivity index (χ3v) is 3.52. The zero-order chi connectivity index (χ0) is 13.0. The van der Waals surface area contributed by atoms with E-state index < -0.39 is 12.0 Å². The van der Waals surface area contributed by atoms with E-state index in [-0.39, 0.29) is 11.4 Å². The molecule has 0 radical (unpaired) electrons. The molecule has 1 aliphatic rings. The van der Waals surface area contributed by atoms with Gasteiger partial charge in [0.2, 0.25) is 0 Å². The molecule has 0 saturated heterocycles. The van der Waals surface area contributed by atoms with Gasteiger partial charge in [0.1, 0.15) is 6.10 Å². The number of carbonyl (C=O) groups is 2. The number of alkyl carbamates (subject to hydrolysis) is 1. The normalized spacial score (nSPS) is 22.5. The molecule has 1 aromatic rings. The van der Waals surface area contributed by atoms with Crippen LogP contribution in [-0.4, -0.2) is 23.4 Å². The highest BCUT2D eigenvalue weighted by atomic mass is 32.1. The monoisotopic (exact) mass is 265 g/mol. The summed E-state index contributed by atoms with van der Waals surface area (Å²) in [5.41, 5.74) is 0.434. The maximum atomic E-state index is 11.7. The van der Waals surface area contributed by atoms with Crippen molar-refractivity contribution in [2.24, 2.45) is 0 Å². The van der Waals surface area contributed by atoms with Crippen molar-refractivity contribution in [2.45, 2.75) is 30.6 Å². The Kier molecular flexibility index (Phi) is 4.25. The summed E-state index contributed by atoms with van der Waals surface area (Å²) < 4.78 is 5.17. The summed E-state index contributed by atoms with van der Waals surface area (Å²) in [6.07, 6.45) is 1.85. The molecule has 4 nitrogen and oxygen atoms in total. The van der Waals surface area contributed by atoms with E-state index in [9.17, 15) is 9.59 Å². The highest BCUT2D eigenvalue weighted by Gasteiger charge is 2.28. The second-order valence-corrected chi connectivity index (χ2v) is 4.93. The highest BCUT2D eigenvalue weighted by molar-refractivity contribution is 7.81. The first-order chi connectivity index (χ1) is 8.66. The van der Waals surface area contributed by atoms with Crippen molar-refractivity contribution < 1.29 is 14.3 Å². The minimum absolute atomic E-state index is 0.0718. The lowest BCUT2D eigenvalue weighted by Crippen LogP contribution is -2.35. The van der Waals surface area contributed by atoms with Crippen molar-refractivity contribution in [1.82, 2.24) is 5.32 Å². The third-order valence-electron chi connectivity index (χ3n) is 2.93. The van der Waals surface area contributed by atoms with Crippen LogP contribution in [0.2, 0.25) is 0 Å². The van der Waals surface area contributed by atoms with Crippen molar-refractivity contribution >= 4 is 24.6 Å². The van der Waals surface area contributed by atoms with Gasteiger partial charge >= 0.3 is 6.09 Å². The maximum absolute atomic E-state index is 11.7. The molecule has 5 heteroatoms. The number of carbonyl (C=O) groups excluding carboxylic acids is 2. The molecule has 0 heterocycles. The SMILES string of the molecule is O=C(NC(=O)c1ccccc1)OC1CCCC1S. The molecule has 1 saturated carbocycles. The lowest BCUT2D eigenvalue weighted by atomic mass is 10.2. The Balaban J connectivity index is 1.86. The molecule has 2 rings (SSSR count). The summed E-state index contributed by atoms with van der Waals surface area (Å²) in [4.78, 5) is 23.2. The van der Waals surface area contributed by atoms with Gasteiger partial charge in [-0.1, -0.05) is 18.2 Å². The van der Waals surface area contributed by atoms with E-state index in [1.54, 1.807) is 30.3 Å². The van der Waals surface area contributed by atoms with Gasteiger partial charge < -0.3 is 4.74 Å². The summed E-state index contributed by atoms with van der Waals surface area (Å²) in [6.45, 7) is 0. The van der Waals surface area contributed by atoms with E-state index >= 15 is 0 Å². The summed E-state index contributed by atoms with van der Waals surface area (Å²) >= 11 is 4.33. The Bertz CT molecular complexity index is 435. The van der Waals surface area contributed by atoms with Crippen molar-refractivity contribution in [3.05, 3.63) is 35.9 Å². The molecule has 2 unspecified atom stereocenters. The standard InChI is InChI=1S/C13H15NO3S/c15-12(9-5-2-1-3-6-9)14-13(16)17-10-7-4-8-11(10)18/h1-3,5-6,10-11,18H,4,7-8H2,(H,14,15,16). The Morgan fingerprint density at radius 2 is 1.94 bits per heavy atom. The quantitative estimate of drug-likeness (QED) is 0.807. The van der Waals surface area contributed by atoms with Crippen LogP contribution in [0.3, 0.4) is 0 Å². The number of imide groups is 1. The molecule has 1 N–H and O–H groups in total. The van der Waals surface area contributed by atoms with Gasteiger partial charge in [0.25, 0.3) is 5.91 Å². The molecule has 2 atom stereocenters. The highest BCUT2D eigenvalue weighted by Crippen LogP contribution is 2.26. The lowest BCUT2D eigenvalue weighted by Gasteiger charge is -2.15. The van der Waals surface area contributed by atoms with E-state index in [0.29, 0.717) is 5.56 Å². The fraction of sp³-hybridized carbons (Fsp3) is 0.385. The first kappa shape index (κ1) is 13.0. The molecule has 18 heavy (non-hydrogen) atoms. The van der Waals surface area contributed by atoms with Gasteiger partial charge in [0.05, 0.1) is 0 Å². The van der Waals surface area contributed by atoms with Crippen LogP contribution in [0, 0.1) is 0 Å². The number of benzene rings is 1. The van der Waals surface area contributed by atoms with Gasteiger partial charge in [0, 0.05) is 10.8 Å². The van der Waals surface area contributed by atoms with Crippen molar-refractivity contribution in [1.29, 1.82) is 0 Å². The Morgan fingerprint density at radius 1 is 1.22 bits per heavy atom. The average Bonchev–Trinajstić information content (AvgIpc) is 2.76. The Labute approximate surface area is 111 Å². The minimum atomic E-state index is -0.699. The number of ether oxygens (including phenoxy) is 1. The second-order valence-electron chi connectivity index (χ2n) is 4.26. The number of thiol groups is 1. The smallest absolute Gasteiger partial charge is 0.414 e. The number of nitrogens with one attached hydrogen (secondary N) is 1. The van der Waals surface area contributed by atoms with Gasteiger partial charge in [-0.05, 0) is 31.4 Å². The lowest BCUT2D eigenvalue weighted by molar-refractivity contribution is 0.0843. The molecular weight excluding hydrogens is 250 g/mol. The fourth-order valence-electron chi connectivity index (χ4n) is 1.97. The third kappa shape index (κ3) is 3.26. The minimum Gasteiger partial charge on any atom is -0.445 e. The van der Waals surface area contributed by atoms with Crippen molar-refractivity contribution in [3.8, 4) is 0 Å². The molecule has 96 valence electrons. The van der Waals surface area contributed by atoms with Crippen LogP contribution in [0.4, 0.5) is 4.79 Å². The van der Waals surface area contributed by atoms with Crippen molar-refractivity contribution in [2.75, 3.05) is 0 Å². The summed E-state index contributed by atoms with van der Waals surface area (Å²) in [7, 11) is 0. The van der Waals surface area contributed by atoms with Gasteiger partial charge in [-0.2, -0.15) is 12.6 Å². The maximum Gasteiger partial charge on any atom is 0.414 e. The van der Waals surface area contributed by atoms with Crippen LogP contribution < -0.4 is 5.32 Å². The molecule has 0 aromatic heterocycles. The molecule has 0 spiro atoms. The summed E-state index contributed by atoms with van der Waals surface area (Å²) in [5, 5.41) is 2.28. The number of rotatable bonds is 2.